The first kappa shape index (κ1) is 18.0. The Morgan fingerprint density at radius 1 is 1.00 bits per heavy atom. The van der Waals surface area contributed by atoms with E-state index in [1.165, 1.54) is 46.8 Å². The van der Waals surface area contributed by atoms with E-state index in [0.717, 1.165) is 19.1 Å². The lowest BCUT2D eigenvalue weighted by Crippen LogP contribution is -2.32. The second-order valence-corrected chi connectivity index (χ2v) is 10.1. The van der Waals surface area contributed by atoms with Crippen molar-refractivity contribution in [3.8, 4) is 0 Å². The van der Waals surface area contributed by atoms with Crippen LogP contribution in [0.1, 0.15) is 18.4 Å². The molecular weight excluding hydrogens is 365 g/mol. The Morgan fingerprint density at radius 3 is 2.24 bits per heavy atom. The van der Waals surface area contributed by atoms with Crippen molar-refractivity contribution in [1.82, 2.24) is 4.31 Å². The first-order valence-corrected chi connectivity index (χ1v) is 11.1. The van der Waals surface area contributed by atoms with Gasteiger partial charge in [-0.25, -0.2) is 21.2 Å². The van der Waals surface area contributed by atoms with Gasteiger partial charge in [0.25, 0.3) is 0 Å². The summed E-state index contributed by atoms with van der Waals surface area (Å²) in [5, 5.41) is 0. The lowest BCUT2D eigenvalue weighted by atomic mass is 10.2. The number of halogens is 1. The van der Waals surface area contributed by atoms with Crippen LogP contribution in [0.15, 0.2) is 58.3 Å². The molecule has 1 fully saturated rings. The molecule has 1 saturated carbocycles. The van der Waals surface area contributed by atoms with Gasteiger partial charge >= 0.3 is 0 Å². The molecule has 0 heterocycles. The van der Waals surface area contributed by atoms with Crippen LogP contribution >= 0.6 is 0 Å². The van der Waals surface area contributed by atoms with Gasteiger partial charge in [-0.05, 0) is 48.7 Å². The smallest absolute Gasteiger partial charge is 0.224 e. The summed E-state index contributed by atoms with van der Waals surface area (Å²) < 4.78 is 64.2. The molecule has 2 aromatic rings. The van der Waals surface area contributed by atoms with Crippen molar-refractivity contribution in [3.63, 3.8) is 0 Å². The molecule has 0 radical (unpaired) electrons. The maximum Gasteiger partial charge on any atom is 0.243 e. The molecule has 0 saturated heterocycles. The Kier molecular flexibility index (Phi) is 4.70. The van der Waals surface area contributed by atoms with E-state index in [0.29, 0.717) is 5.56 Å². The molecule has 0 aliphatic heterocycles. The van der Waals surface area contributed by atoms with Gasteiger partial charge in [-0.15, -0.1) is 0 Å². The summed E-state index contributed by atoms with van der Waals surface area (Å²) in [4.78, 5) is -0.117. The summed E-state index contributed by atoms with van der Waals surface area (Å²) in [6.07, 6.45) is 2.50. The minimum absolute atomic E-state index is 0.0462. The van der Waals surface area contributed by atoms with Crippen LogP contribution in [0.5, 0.6) is 0 Å². The molecule has 0 spiro atoms. The SMILES string of the molecule is CS(=O)(=O)c1cccc(S(=O)(=O)N(Cc2cccc(F)c2)C2CC2)c1. The van der Waals surface area contributed by atoms with Crippen LogP contribution in [0.2, 0.25) is 0 Å². The predicted molar refractivity (Wildman–Crippen MR) is 91.7 cm³/mol. The number of sulfonamides is 1. The zero-order chi connectivity index (χ0) is 18.2. The molecule has 0 N–H and O–H groups in total. The van der Waals surface area contributed by atoms with Crippen LogP contribution in [0.3, 0.4) is 0 Å². The molecular formula is C17H18FNO4S2. The zero-order valence-electron chi connectivity index (χ0n) is 13.6. The number of hydrogen-bond acceptors (Lipinski definition) is 4. The third-order valence-electron chi connectivity index (χ3n) is 4.02. The number of hydrogen-bond donors (Lipinski definition) is 0. The van der Waals surface area contributed by atoms with Gasteiger partial charge in [-0.1, -0.05) is 18.2 Å². The van der Waals surface area contributed by atoms with E-state index in [4.69, 9.17) is 0 Å². The van der Waals surface area contributed by atoms with Gasteiger partial charge < -0.3 is 0 Å². The molecule has 3 rings (SSSR count). The summed E-state index contributed by atoms with van der Waals surface area (Å²) in [7, 11) is -7.40. The molecule has 1 aliphatic carbocycles. The standard InChI is InChI=1S/C17H18FNO4S2/c1-24(20,21)16-6-3-7-17(11-16)25(22,23)19(15-8-9-15)12-13-4-2-5-14(18)10-13/h2-7,10-11,15H,8-9,12H2,1H3. The maximum absolute atomic E-state index is 13.4. The van der Waals surface area contributed by atoms with E-state index in [9.17, 15) is 21.2 Å². The molecule has 0 unspecified atom stereocenters. The molecule has 8 heteroatoms. The van der Waals surface area contributed by atoms with E-state index in [1.54, 1.807) is 6.07 Å². The highest BCUT2D eigenvalue weighted by Gasteiger charge is 2.38. The van der Waals surface area contributed by atoms with Crippen molar-refractivity contribution in [3.05, 3.63) is 59.9 Å². The van der Waals surface area contributed by atoms with Crippen molar-refractivity contribution in [2.24, 2.45) is 0 Å². The third kappa shape index (κ3) is 4.08. The van der Waals surface area contributed by atoms with Crippen LogP contribution < -0.4 is 0 Å². The van der Waals surface area contributed by atoms with Crippen molar-refractivity contribution in [2.45, 2.75) is 35.2 Å². The maximum atomic E-state index is 13.4. The second-order valence-electron chi connectivity index (χ2n) is 6.16. The van der Waals surface area contributed by atoms with Crippen molar-refractivity contribution < 1.29 is 21.2 Å². The summed E-state index contributed by atoms with van der Waals surface area (Å²) in [6, 6.07) is 11.0. The highest BCUT2D eigenvalue weighted by Crippen LogP contribution is 2.34. The highest BCUT2D eigenvalue weighted by atomic mass is 32.2. The van der Waals surface area contributed by atoms with Crippen molar-refractivity contribution in [2.75, 3.05) is 6.26 Å². The fraction of sp³-hybridized carbons (Fsp3) is 0.294. The van der Waals surface area contributed by atoms with Crippen LogP contribution in [-0.2, 0) is 26.4 Å². The van der Waals surface area contributed by atoms with E-state index in [2.05, 4.69) is 0 Å². The Bertz CT molecular complexity index is 999. The van der Waals surface area contributed by atoms with Crippen LogP contribution in [0, 0.1) is 5.82 Å². The van der Waals surface area contributed by atoms with Gasteiger partial charge in [0.05, 0.1) is 9.79 Å². The van der Waals surface area contributed by atoms with Gasteiger partial charge in [-0.3, -0.25) is 0 Å². The molecule has 0 aromatic heterocycles. The van der Waals surface area contributed by atoms with Gasteiger partial charge in [0.15, 0.2) is 9.84 Å². The largest absolute Gasteiger partial charge is 0.243 e. The fourth-order valence-corrected chi connectivity index (χ4v) is 5.05. The number of sulfone groups is 1. The topological polar surface area (TPSA) is 71.5 Å². The van der Waals surface area contributed by atoms with Gasteiger partial charge in [0, 0.05) is 18.8 Å². The minimum atomic E-state index is -3.89. The fourth-order valence-electron chi connectivity index (χ4n) is 2.59. The Labute approximate surface area is 147 Å². The summed E-state index contributed by atoms with van der Waals surface area (Å²) in [6.45, 7) is 0.0495. The number of nitrogens with zero attached hydrogens (tertiary/aromatic N) is 1. The summed E-state index contributed by atoms with van der Waals surface area (Å²) >= 11 is 0. The average Bonchev–Trinajstić information content (AvgIpc) is 3.36. The monoisotopic (exact) mass is 383 g/mol. The van der Waals surface area contributed by atoms with Gasteiger partial charge in [-0.2, -0.15) is 4.31 Å². The molecule has 134 valence electrons. The van der Waals surface area contributed by atoms with Crippen molar-refractivity contribution >= 4 is 19.9 Å². The van der Waals surface area contributed by atoms with E-state index >= 15 is 0 Å². The predicted octanol–water partition coefficient (Wildman–Crippen LogP) is 2.58. The van der Waals surface area contributed by atoms with E-state index < -0.39 is 25.7 Å². The summed E-state index contributed by atoms with van der Waals surface area (Å²) in [5.74, 6) is -0.426. The number of benzene rings is 2. The van der Waals surface area contributed by atoms with Crippen LogP contribution in [0.25, 0.3) is 0 Å². The Morgan fingerprint density at radius 2 is 1.64 bits per heavy atom. The first-order chi connectivity index (χ1) is 11.7. The van der Waals surface area contributed by atoms with Crippen LogP contribution in [-0.4, -0.2) is 33.4 Å². The highest BCUT2D eigenvalue weighted by molar-refractivity contribution is 7.91. The Hall–Kier alpha value is -1.77. The van der Waals surface area contributed by atoms with E-state index in [-0.39, 0.29) is 22.4 Å². The summed E-state index contributed by atoms with van der Waals surface area (Å²) in [5.41, 5.74) is 0.551. The molecule has 2 aromatic carbocycles. The zero-order valence-corrected chi connectivity index (χ0v) is 15.2. The van der Waals surface area contributed by atoms with Gasteiger partial charge in [0.1, 0.15) is 5.82 Å². The normalized spacial score (nSPS) is 15.5. The molecule has 0 bridgehead atoms. The minimum Gasteiger partial charge on any atom is -0.224 e. The molecule has 0 atom stereocenters. The lowest BCUT2D eigenvalue weighted by Gasteiger charge is -2.22. The molecule has 1 aliphatic rings. The van der Waals surface area contributed by atoms with E-state index in [1.807, 2.05) is 0 Å². The lowest BCUT2D eigenvalue weighted by molar-refractivity contribution is 0.397. The molecule has 0 amide bonds. The van der Waals surface area contributed by atoms with Crippen LogP contribution in [0.4, 0.5) is 4.39 Å². The molecule has 25 heavy (non-hydrogen) atoms. The van der Waals surface area contributed by atoms with Gasteiger partial charge in [0.2, 0.25) is 10.0 Å². The second kappa shape index (κ2) is 6.51. The average molecular weight is 383 g/mol. The molecule has 5 nitrogen and oxygen atoms in total. The third-order valence-corrected chi connectivity index (χ3v) is 7.03. The quantitative estimate of drug-likeness (QED) is 0.769. The van der Waals surface area contributed by atoms with Crippen molar-refractivity contribution in [1.29, 1.82) is 0 Å². The Balaban J connectivity index is 1.98. The first-order valence-electron chi connectivity index (χ1n) is 7.74. The number of rotatable bonds is 6.